The van der Waals surface area contributed by atoms with E-state index in [0.29, 0.717) is 10.0 Å². The molecule has 0 aliphatic carbocycles. The van der Waals surface area contributed by atoms with Gasteiger partial charge in [0.1, 0.15) is 0 Å². The molecular formula is C14H8Cl2S. The van der Waals surface area contributed by atoms with Gasteiger partial charge in [-0.3, -0.25) is 0 Å². The summed E-state index contributed by atoms with van der Waals surface area (Å²) in [5.41, 5.74) is 1.04. The van der Waals surface area contributed by atoms with E-state index in [-0.39, 0.29) is 0 Å². The summed E-state index contributed by atoms with van der Waals surface area (Å²) in [5, 5.41) is 2.61. The summed E-state index contributed by atoms with van der Waals surface area (Å²) in [7, 11) is 0. The lowest BCUT2D eigenvalue weighted by Crippen LogP contribution is -1.74. The van der Waals surface area contributed by atoms with Crippen LogP contribution < -0.4 is 0 Å². The third-order valence-electron chi connectivity index (χ3n) is 2.62. The highest BCUT2D eigenvalue weighted by Crippen LogP contribution is 2.37. The van der Waals surface area contributed by atoms with Gasteiger partial charge in [-0.05, 0) is 29.7 Å². The Balaban J connectivity index is 2.20. The normalized spacial score (nSPS) is 10.9. The number of halogens is 2. The Bertz CT molecular complexity index is 653. The van der Waals surface area contributed by atoms with Gasteiger partial charge in [-0.1, -0.05) is 47.5 Å². The van der Waals surface area contributed by atoms with Gasteiger partial charge in [-0.15, -0.1) is 11.3 Å². The van der Waals surface area contributed by atoms with E-state index in [9.17, 15) is 0 Å². The first-order valence-electron chi connectivity index (χ1n) is 5.18. The summed E-state index contributed by atoms with van der Waals surface area (Å²) in [6.07, 6.45) is 0. The van der Waals surface area contributed by atoms with Crippen molar-refractivity contribution in [2.75, 3.05) is 0 Å². The Morgan fingerprint density at radius 2 is 1.71 bits per heavy atom. The lowest BCUT2D eigenvalue weighted by molar-refractivity contribution is 1.69. The molecule has 0 aliphatic rings. The minimum Gasteiger partial charge on any atom is -0.135 e. The Hall–Kier alpha value is -1.02. The smallest absolute Gasteiger partial charge is 0.0507 e. The van der Waals surface area contributed by atoms with Crippen molar-refractivity contribution in [3.05, 3.63) is 58.6 Å². The second-order valence-corrected chi connectivity index (χ2v) is 5.70. The van der Waals surface area contributed by atoms with E-state index in [4.69, 9.17) is 23.2 Å². The molecule has 0 saturated carbocycles. The van der Waals surface area contributed by atoms with Crippen LogP contribution in [0.1, 0.15) is 0 Å². The molecule has 84 valence electrons. The maximum atomic E-state index is 6.21. The molecule has 0 N–H and O–H groups in total. The van der Waals surface area contributed by atoms with Gasteiger partial charge in [-0.2, -0.15) is 0 Å². The van der Waals surface area contributed by atoms with Crippen LogP contribution in [-0.4, -0.2) is 0 Å². The SMILES string of the molecule is Clc1ccc(-c2cc3ccccc3s2)c(Cl)c1. The highest BCUT2D eigenvalue weighted by molar-refractivity contribution is 7.22. The molecule has 2 aromatic carbocycles. The van der Waals surface area contributed by atoms with E-state index >= 15 is 0 Å². The average Bonchev–Trinajstić information content (AvgIpc) is 2.72. The summed E-state index contributed by atoms with van der Waals surface area (Å²) in [4.78, 5) is 1.17. The van der Waals surface area contributed by atoms with Gasteiger partial charge in [0, 0.05) is 20.2 Å². The second-order valence-electron chi connectivity index (χ2n) is 3.77. The van der Waals surface area contributed by atoms with Crippen LogP contribution in [0.2, 0.25) is 10.0 Å². The summed E-state index contributed by atoms with van der Waals surface area (Å²) in [6, 6.07) is 16.1. The fourth-order valence-corrected chi connectivity index (χ4v) is 3.47. The molecule has 1 heterocycles. The quantitative estimate of drug-likeness (QED) is 0.522. The van der Waals surface area contributed by atoms with Gasteiger partial charge >= 0.3 is 0 Å². The van der Waals surface area contributed by atoms with Gasteiger partial charge in [0.15, 0.2) is 0 Å². The van der Waals surface area contributed by atoms with Crippen LogP contribution in [0.15, 0.2) is 48.5 Å². The molecular weight excluding hydrogens is 271 g/mol. The maximum Gasteiger partial charge on any atom is 0.0507 e. The molecule has 0 aliphatic heterocycles. The molecule has 3 aromatic rings. The van der Waals surface area contributed by atoms with Crippen molar-refractivity contribution in [1.29, 1.82) is 0 Å². The third kappa shape index (κ3) is 2.06. The van der Waals surface area contributed by atoms with Crippen molar-refractivity contribution >= 4 is 44.6 Å². The number of hydrogen-bond acceptors (Lipinski definition) is 1. The Kier molecular flexibility index (Phi) is 2.83. The Labute approximate surface area is 113 Å². The summed E-state index contributed by atoms with van der Waals surface area (Å²) >= 11 is 13.9. The number of fused-ring (bicyclic) bond motifs is 1. The van der Waals surface area contributed by atoms with Crippen LogP contribution in [0, 0.1) is 0 Å². The molecule has 0 unspecified atom stereocenters. The summed E-state index contributed by atoms with van der Waals surface area (Å²) in [5.74, 6) is 0. The number of thiophene rings is 1. The first kappa shape index (κ1) is 11.1. The predicted octanol–water partition coefficient (Wildman–Crippen LogP) is 5.88. The van der Waals surface area contributed by atoms with E-state index in [1.54, 1.807) is 17.4 Å². The molecule has 0 fully saturated rings. The zero-order chi connectivity index (χ0) is 11.8. The first-order valence-corrected chi connectivity index (χ1v) is 6.75. The fourth-order valence-electron chi connectivity index (χ4n) is 1.80. The monoisotopic (exact) mass is 278 g/mol. The first-order chi connectivity index (χ1) is 8.24. The van der Waals surface area contributed by atoms with E-state index in [1.165, 1.54) is 15.0 Å². The molecule has 3 heteroatoms. The number of rotatable bonds is 1. The van der Waals surface area contributed by atoms with Gasteiger partial charge in [0.05, 0.1) is 5.02 Å². The minimum atomic E-state index is 0.667. The Morgan fingerprint density at radius 3 is 2.47 bits per heavy atom. The van der Waals surface area contributed by atoms with E-state index in [1.807, 2.05) is 24.3 Å². The molecule has 1 aromatic heterocycles. The predicted molar refractivity (Wildman–Crippen MR) is 77.3 cm³/mol. The zero-order valence-electron chi connectivity index (χ0n) is 8.78. The maximum absolute atomic E-state index is 6.21. The molecule has 17 heavy (non-hydrogen) atoms. The van der Waals surface area contributed by atoms with Gasteiger partial charge in [0.2, 0.25) is 0 Å². The van der Waals surface area contributed by atoms with Crippen LogP contribution in [-0.2, 0) is 0 Å². The van der Waals surface area contributed by atoms with Crippen LogP contribution in [0.3, 0.4) is 0 Å². The molecule has 0 spiro atoms. The standard InChI is InChI=1S/C14H8Cl2S/c15-10-5-6-11(12(16)8-10)14-7-9-3-1-2-4-13(9)17-14/h1-8H. The van der Waals surface area contributed by atoms with E-state index < -0.39 is 0 Å². The van der Waals surface area contributed by atoms with Crippen molar-refractivity contribution in [3.63, 3.8) is 0 Å². The average molecular weight is 279 g/mol. The molecule has 3 rings (SSSR count). The van der Waals surface area contributed by atoms with Crippen LogP contribution in [0.25, 0.3) is 20.5 Å². The third-order valence-corrected chi connectivity index (χ3v) is 4.32. The van der Waals surface area contributed by atoms with Crippen molar-refractivity contribution in [2.45, 2.75) is 0 Å². The summed E-state index contributed by atoms with van der Waals surface area (Å²) in [6.45, 7) is 0. The molecule has 0 atom stereocenters. The zero-order valence-corrected chi connectivity index (χ0v) is 11.1. The van der Waals surface area contributed by atoms with Crippen molar-refractivity contribution in [1.82, 2.24) is 0 Å². The molecule has 0 bridgehead atoms. The van der Waals surface area contributed by atoms with Crippen LogP contribution in [0.4, 0.5) is 0 Å². The lowest BCUT2D eigenvalue weighted by atomic mass is 10.1. The number of benzene rings is 2. The van der Waals surface area contributed by atoms with E-state index in [0.717, 1.165) is 5.56 Å². The lowest BCUT2D eigenvalue weighted by Gasteiger charge is -2.00. The highest BCUT2D eigenvalue weighted by Gasteiger charge is 2.07. The van der Waals surface area contributed by atoms with E-state index in [2.05, 4.69) is 18.2 Å². The molecule has 0 nitrogen and oxygen atoms in total. The molecule has 0 saturated heterocycles. The minimum absolute atomic E-state index is 0.667. The second kappa shape index (κ2) is 4.34. The topological polar surface area (TPSA) is 0 Å². The highest BCUT2D eigenvalue weighted by atomic mass is 35.5. The van der Waals surface area contributed by atoms with Crippen molar-refractivity contribution < 1.29 is 0 Å². The molecule has 0 amide bonds. The van der Waals surface area contributed by atoms with Crippen molar-refractivity contribution in [3.8, 4) is 10.4 Å². The molecule has 0 radical (unpaired) electrons. The van der Waals surface area contributed by atoms with Gasteiger partial charge in [0.25, 0.3) is 0 Å². The van der Waals surface area contributed by atoms with Gasteiger partial charge in [-0.25, -0.2) is 0 Å². The largest absolute Gasteiger partial charge is 0.135 e. The summed E-state index contributed by atoms with van der Waals surface area (Å²) < 4.78 is 1.27. The van der Waals surface area contributed by atoms with Crippen molar-refractivity contribution in [2.24, 2.45) is 0 Å². The number of hydrogen-bond donors (Lipinski definition) is 0. The van der Waals surface area contributed by atoms with Gasteiger partial charge < -0.3 is 0 Å². The fraction of sp³-hybridized carbons (Fsp3) is 0. The Morgan fingerprint density at radius 1 is 0.882 bits per heavy atom. The van der Waals surface area contributed by atoms with Crippen LogP contribution in [0.5, 0.6) is 0 Å². The van der Waals surface area contributed by atoms with Crippen LogP contribution >= 0.6 is 34.5 Å².